The van der Waals surface area contributed by atoms with E-state index in [9.17, 15) is 19.3 Å². The summed E-state index contributed by atoms with van der Waals surface area (Å²) >= 11 is 0. The number of nitrogens with one attached hydrogen (secondary N) is 1. The molecular formula is C15H21FN4O3. The lowest BCUT2D eigenvalue weighted by Gasteiger charge is -2.35. The molecule has 0 unspecified atom stereocenters. The maximum absolute atomic E-state index is 13.4. The highest BCUT2D eigenvalue weighted by Gasteiger charge is 2.25. The van der Waals surface area contributed by atoms with Gasteiger partial charge in [0.2, 0.25) is 5.91 Å². The Hall–Kier alpha value is -2.22. The third-order valence-electron chi connectivity index (χ3n) is 3.66. The number of carbonyl (C=O) groups excluding carboxylic acids is 1. The highest BCUT2D eigenvalue weighted by molar-refractivity contribution is 5.78. The van der Waals surface area contributed by atoms with Crippen LogP contribution in [-0.2, 0) is 4.79 Å². The van der Waals surface area contributed by atoms with Crippen LogP contribution in [0.15, 0.2) is 18.2 Å². The highest BCUT2D eigenvalue weighted by Crippen LogP contribution is 2.29. The molecule has 23 heavy (non-hydrogen) atoms. The molecular weight excluding hydrogens is 303 g/mol. The van der Waals surface area contributed by atoms with Crippen molar-refractivity contribution in [2.75, 3.05) is 37.6 Å². The number of hydrogen-bond donors (Lipinski definition) is 1. The van der Waals surface area contributed by atoms with E-state index in [1.54, 1.807) is 4.90 Å². The predicted molar refractivity (Wildman–Crippen MR) is 85.0 cm³/mol. The summed E-state index contributed by atoms with van der Waals surface area (Å²) in [4.78, 5) is 26.1. The minimum Gasteiger partial charge on any atom is -0.363 e. The summed E-state index contributed by atoms with van der Waals surface area (Å²) in [5.41, 5.74) is 0.193. The second-order valence-corrected chi connectivity index (χ2v) is 5.88. The molecule has 0 radical (unpaired) electrons. The quantitative estimate of drug-likeness (QED) is 0.654. The zero-order chi connectivity index (χ0) is 17.0. The highest BCUT2D eigenvalue weighted by atomic mass is 19.1. The average Bonchev–Trinajstić information content (AvgIpc) is 2.46. The van der Waals surface area contributed by atoms with Crippen molar-refractivity contribution in [2.45, 2.75) is 19.9 Å². The molecule has 1 amide bonds. The number of hydrogen-bond acceptors (Lipinski definition) is 5. The van der Waals surface area contributed by atoms with Crippen molar-refractivity contribution >= 4 is 17.3 Å². The van der Waals surface area contributed by atoms with Gasteiger partial charge in [-0.25, -0.2) is 4.39 Å². The Morgan fingerprint density at radius 2 is 2.00 bits per heavy atom. The van der Waals surface area contributed by atoms with Gasteiger partial charge in [0, 0.05) is 44.4 Å². The first-order valence-corrected chi connectivity index (χ1v) is 7.57. The van der Waals surface area contributed by atoms with Crippen LogP contribution < -0.4 is 10.2 Å². The smallest absolute Gasteiger partial charge is 0.292 e. The number of anilines is 1. The van der Waals surface area contributed by atoms with E-state index in [1.165, 1.54) is 12.1 Å². The number of carbonyl (C=O) groups is 1. The fourth-order valence-electron chi connectivity index (χ4n) is 2.62. The van der Waals surface area contributed by atoms with E-state index in [0.29, 0.717) is 38.4 Å². The van der Waals surface area contributed by atoms with Gasteiger partial charge in [-0.3, -0.25) is 19.8 Å². The summed E-state index contributed by atoms with van der Waals surface area (Å²) in [6.45, 7) is 6.33. The first-order valence-electron chi connectivity index (χ1n) is 7.57. The van der Waals surface area contributed by atoms with E-state index < -0.39 is 10.7 Å². The van der Waals surface area contributed by atoms with Crippen molar-refractivity contribution in [1.29, 1.82) is 0 Å². The molecule has 1 N–H and O–H groups in total. The Kier molecular flexibility index (Phi) is 5.49. The molecule has 1 saturated heterocycles. The number of nitro benzene ring substituents is 1. The number of piperazine rings is 1. The second-order valence-electron chi connectivity index (χ2n) is 5.88. The minimum absolute atomic E-state index is 0.0369. The normalized spacial score (nSPS) is 15.7. The molecule has 1 heterocycles. The molecule has 1 aliphatic rings. The summed E-state index contributed by atoms with van der Waals surface area (Å²) in [6, 6.07) is 3.57. The van der Waals surface area contributed by atoms with Gasteiger partial charge in [0.25, 0.3) is 5.69 Å². The van der Waals surface area contributed by atoms with E-state index in [0.717, 1.165) is 6.07 Å². The van der Waals surface area contributed by atoms with Crippen molar-refractivity contribution < 1.29 is 14.1 Å². The second kappa shape index (κ2) is 7.36. The molecule has 1 fully saturated rings. The molecule has 0 saturated carbocycles. The molecule has 1 aromatic carbocycles. The van der Waals surface area contributed by atoms with Gasteiger partial charge in [0.05, 0.1) is 11.5 Å². The van der Waals surface area contributed by atoms with Crippen LogP contribution in [-0.4, -0.2) is 54.5 Å². The van der Waals surface area contributed by atoms with Gasteiger partial charge in [-0.15, -0.1) is 0 Å². The number of rotatable bonds is 5. The van der Waals surface area contributed by atoms with Gasteiger partial charge < -0.3 is 10.2 Å². The number of benzene rings is 1. The van der Waals surface area contributed by atoms with Crippen molar-refractivity contribution in [3.05, 3.63) is 34.1 Å². The fraction of sp³-hybridized carbons (Fsp3) is 0.533. The zero-order valence-corrected chi connectivity index (χ0v) is 13.3. The first-order chi connectivity index (χ1) is 10.9. The molecule has 126 valence electrons. The van der Waals surface area contributed by atoms with E-state index >= 15 is 0 Å². The van der Waals surface area contributed by atoms with Gasteiger partial charge >= 0.3 is 0 Å². The SMILES string of the molecule is CC(C)NC(=O)CN1CCN(c2cc(F)ccc2[N+](=O)[O-])CC1. The van der Waals surface area contributed by atoms with Crippen molar-refractivity contribution in [1.82, 2.24) is 10.2 Å². The fourth-order valence-corrected chi connectivity index (χ4v) is 2.62. The number of nitrogens with zero attached hydrogens (tertiary/aromatic N) is 3. The van der Waals surface area contributed by atoms with Crippen LogP contribution in [0.2, 0.25) is 0 Å². The van der Waals surface area contributed by atoms with E-state index in [4.69, 9.17) is 0 Å². The van der Waals surface area contributed by atoms with E-state index in [-0.39, 0.29) is 17.6 Å². The topological polar surface area (TPSA) is 78.7 Å². The van der Waals surface area contributed by atoms with Crippen LogP contribution in [0.5, 0.6) is 0 Å². The maximum Gasteiger partial charge on any atom is 0.292 e. The Bertz CT molecular complexity index is 586. The third kappa shape index (κ3) is 4.62. The number of halogens is 1. The first kappa shape index (κ1) is 17.1. The lowest BCUT2D eigenvalue weighted by Crippen LogP contribution is -2.50. The molecule has 2 rings (SSSR count). The van der Waals surface area contributed by atoms with Crippen LogP contribution in [0.1, 0.15) is 13.8 Å². The van der Waals surface area contributed by atoms with E-state index in [1.807, 2.05) is 18.7 Å². The van der Waals surface area contributed by atoms with Crippen molar-refractivity contribution in [2.24, 2.45) is 0 Å². The van der Waals surface area contributed by atoms with Crippen LogP contribution in [0.4, 0.5) is 15.8 Å². The zero-order valence-electron chi connectivity index (χ0n) is 13.3. The Labute approximate surface area is 134 Å². The van der Waals surface area contributed by atoms with Crippen LogP contribution in [0, 0.1) is 15.9 Å². The summed E-state index contributed by atoms with van der Waals surface area (Å²) in [6.07, 6.45) is 0. The Balaban J connectivity index is 1.98. The summed E-state index contributed by atoms with van der Waals surface area (Å²) < 4.78 is 13.4. The Morgan fingerprint density at radius 3 is 2.57 bits per heavy atom. The molecule has 7 nitrogen and oxygen atoms in total. The van der Waals surface area contributed by atoms with Crippen LogP contribution >= 0.6 is 0 Å². The predicted octanol–water partition coefficient (Wildman–Crippen LogP) is 1.38. The Morgan fingerprint density at radius 1 is 1.35 bits per heavy atom. The van der Waals surface area contributed by atoms with Gasteiger partial charge in [0.15, 0.2) is 0 Å². The standard InChI is InChI=1S/C15H21FN4O3/c1-11(2)17-15(21)10-18-5-7-19(8-6-18)14-9-12(16)3-4-13(14)20(22)23/h3-4,9,11H,5-8,10H2,1-2H3,(H,17,21). The van der Waals surface area contributed by atoms with Crippen molar-refractivity contribution in [3.8, 4) is 0 Å². The molecule has 1 aromatic rings. The maximum atomic E-state index is 13.4. The van der Waals surface area contributed by atoms with Crippen LogP contribution in [0.25, 0.3) is 0 Å². The van der Waals surface area contributed by atoms with Gasteiger partial charge in [-0.1, -0.05) is 0 Å². The molecule has 0 aromatic heterocycles. The van der Waals surface area contributed by atoms with Crippen LogP contribution in [0.3, 0.4) is 0 Å². The lowest BCUT2D eigenvalue weighted by molar-refractivity contribution is -0.384. The van der Waals surface area contributed by atoms with E-state index in [2.05, 4.69) is 5.32 Å². The molecule has 0 atom stereocenters. The minimum atomic E-state index is -0.503. The molecule has 0 spiro atoms. The van der Waals surface area contributed by atoms with Gasteiger partial charge in [-0.05, 0) is 19.9 Å². The van der Waals surface area contributed by atoms with Crippen molar-refractivity contribution in [3.63, 3.8) is 0 Å². The largest absolute Gasteiger partial charge is 0.363 e. The molecule has 1 aliphatic heterocycles. The average molecular weight is 324 g/mol. The number of amides is 1. The van der Waals surface area contributed by atoms with Gasteiger partial charge in [-0.2, -0.15) is 0 Å². The summed E-state index contributed by atoms with van der Waals surface area (Å²) in [5.74, 6) is -0.533. The number of nitro groups is 1. The summed E-state index contributed by atoms with van der Waals surface area (Å²) in [5, 5.41) is 13.9. The third-order valence-corrected chi connectivity index (χ3v) is 3.66. The molecule has 8 heteroatoms. The summed E-state index contributed by atoms with van der Waals surface area (Å²) in [7, 11) is 0. The molecule has 0 bridgehead atoms. The van der Waals surface area contributed by atoms with Gasteiger partial charge in [0.1, 0.15) is 11.5 Å². The monoisotopic (exact) mass is 324 g/mol. The molecule has 0 aliphatic carbocycles. The lowest BCUT2D eigenvalue weighted by atomic mass is 10.2.